The van der Waals surface area contributed by atoms with Crippen molar-refractivity contribution in [2.45, 2.75) is 13.3 Å². The Morgan fingerprint density at radius 3 is 3.14 bits per heavy atom. The normalized spacial score (nSPS) is 12.5. The van der Waals surface area contributed by atoms with E-state index >= 15 is 0 Å². The fourth-order valence-corrected chi connectivity index (χ4v) is 3.04. The molecule has 0 radical (unpaired) electrons. The van der Waals surface area contributed by atoms with Crippen LogP contribution in [-0.2, 0) is 16.0 Å². The molecule has 21 heavy (non-hydrogen) atoms. The molecule has 0 spiro atoms. The maximum Gasteiger partial charge on any atom is 0.311 e. The van der Waals surface area contributed by atoms with Gasteiger partial charge in [-0.25, -0.2) is 4.98 Å². The first-order chi connectivity index (χ1) is 10.2. The second kappa shape index (κ2) is 5.91. The highest BCUT2D eigenvalue weighted by Crippen LogP contribution is 2.42. The Morgan fingerprint density at radius 2 is 2.33 bits per heavy atom. The Labute approximate surface area is 130 Å². The molecule has 0 saturated heterocycles. The molecule has 110 valence electrons. The summed E-state index contributed by atoms with van der Waals surface area (Å²) in [6.45, 7) is 2.32. The summed E-state index contributed by atoms with van der Waals surface area (Å²) in [4.78, 5) is 15.9. The zero-order valence-electron chi connectivity index (χ0n) is 11.2. The lowest BCUT2D eigenvalue weighted by atomic mass is 10.2. The zero-order chi connectivity index (χ0) is 14.8. The van der Waals surface area contributed by atoms with Gasteiger partial charge in [-0.3, -0.25) is 4.79 Å². The summed E-state index contributed by atoms with van der Waals surface area (Å²) < 4.78 is 15.5. The van der Waals surface area contributed by atoms with Crippen LogP contribution in [-0.4, -0.2) is 24.4 Å². The number of rotatable bonds is 4. The lowest BCUT2D eigenvalue weighted by Crippen LogP contribution is -2.07. The highest BCUT2D eigenvalue weighted by Gasteiger charge is 2.20. The summed E-state index contributed by atoms with van der Waals surface area (Å²) in [7, 11) is 0. The highest BCUT2D eigenvalue weighted by atomic mass is 35.5. The van der Waals surface area contributed by atoms with Crippen molar-refractivity contribution in [1.82, 2.24) is 4.98 Å². The van der Waals surface area contributed by atoms with Crippen molar-refractivity contribution in [2.24, 2.45) is 0 Å². The summed E-state index contributed by atoms with van der Waals surface area (Å²) >= 11 is 7.60. The first-order valence-electron chi connectivity index (χ1n) is 6.37. The van der Waals surface area contributed by atoms with Crippen molar-refractivity contribution in [2.75, 3.05) is 13.4 Å². The fraction of sp³-hybridized carbons (Fsp3) is 0.286. The third-order valence-electron chi connectivity index (χ3n) is 2.86. The summed E-state index contributed by atoms with van der Waals surface area (Å²) in [5, 5.41) is 3.10. The predicted octanol–water partition coefficient (Wildman–Crippen LogP) is 3.30. The van der Waals surface area contributed by atoms with Crippen LogP contribution in [0.25, 0.3) is 10.6 Å². The van der Waals surface area contributed by atoms with Gasteiger partial charge >= 0.3 is 5.97 Å². The van der Waals surface area contributed by atoms with Crippen LogP contribution in [0, 0.1) is 0 Å². The van der Waals surface area contributed by atoms with Gasteiger partial charge < -0.3 is 14.2 Å². The molecule has 2 aromatic rings. The number of carbonyl (C=O) groups is 1. The van der Waals surface area contributed by atoms with E-state index in [0.717, 1.165) is 10.6 Å². The second-order valence-electron chi connectivity index (χ2n) is 4.32. The van der Waals surface area contributed by atoms with Crippen LogP contribution >= 0.6 is 22.9 Å². The Balaban J connectivity index is 1.83. The van der Waals surface area contributed by atoms with Gasteiger partial charge in [0.1, 0.15) is 5.01 Å². The highest BCUT2D eigenvalue weighted by molar-refractivity contribution is 7.13. The van der Waals surface area contributed by atoms with E-state index in [1.54, 1.807) is 13.0 Å². The van der Waals surface area contributed by atoms with Gasteiger partial charge in [-0.05, 0) is 19.1 Å². The van der Waals surface area contributed by atoms with Gasteiger partial charge in [0.2, 0.25) is 6.79 Å². The van der Waals surface area contributed by atoms with E-state index in [9.17, 15) is 4.79 Å². The van der Waals surface area contributed by atoms with Crippen LogP contribution < -0.4 is 9.47 Å². The number of nitrogens with zero attached hydrogens (tertiary/aromatic N) is 1. The molecule has 0 saturated carbocycles. The molecular formula is C14H12ClNO4S. The Kier molecular flexibility index (Phi) is 3.98. The maximum atomic E-state index is 11.5. The Bertz CT molecular complexity index is 686. The molecule has 0 aliphatic carbocycles. The number of ether oxygens (including phenoxy) is 3. The fourth-order valence-electron chi connectivity index (χ4n) is 1.97. The van der Waals surface area contributed by atoms with Gasteiger partial charge in [0.25, 0.3) is 0 Å². The van der Waals surface area contributed by atoms with Gasteiger partial charge in [0.05, 0.1) is 23.7 Å². The van der Waals surface area contributed by atoms with Crippen molar-refractivity contribution in [3.63, 3.8) is 0 Å². The summed E-state index contributed by atoms with van der Waals surface area (Å²) in [6, 6.07) is 3.61. The number of halogens is 1. The molecule has 1 aromatic carbocycles. The van der Waals surface area contributed by atoms with E-state index in [-0.39, 0.29) is 19.2 Å². The first kappa shape index (κ1) is 14.2. The van der Waals surface area contributed by atoms with E-state index in [1.807, 2.05) is 11.4 Å². The lowest BCUT2D eigenvalue weighted by Gasteiger charge is -2.02. The van der Waals surface area contributed by atoms with Crippen molar-refractivity contribution in [1.29, 1.82) is 0 Å². The minimum absolute atomic E-state index is 0.169. The molecule has 2 heterocycles. The number of hydrogen-bond acceptors (Lipinski definition) is 6. The first-order valence-corrected chi connectivity index (χ1v) is 7.62. The quantitative estimate of drug-likeness (QED) is 0.807. The molecule has 0 unspecified atom stereocenters. The topological polar surface area (TPSA) is 57.7 Å². The number of fused-ring (bicyclic) bond motifs is 1. The summed E-state index contributed by atoms with van der Waals surface area (Å²) in [5.41, 5.74) is 1.52. The van der Waals surface area contributed by atoms with Crippen LogP contribution in [0.2, 0.25) is 5.02 Å². The number of thiazole rings is 1. The molecule has 5 nitrogen and oxygen atoms in total. The predicted molar refractivity (Wildman–Crippen MR) is 79.0 cm³/mol. The van der Waals surface area contributed by atoms with Crippen LogP contribution in [0.4, 0.5) is 0 Å². The second-order valence-corrected chi connectivity index (χ2v) is 5.58. The molecular weight excluding hydrogens is 314 g/mol. The van der Waals surface area contributed by atoms with E-state index in [2.05, 4.69) is 4.98 Å². The van der Waals surface area contributed by atoms with Gasteiger partial charge in [0.15, 0.2) is 11.5 Å². The Hall–Kier alpha value is -1.79. The maximum absolute atomic E-state index is 11.5. The van der Waals surface area contributed by atoms with E-state index in [4.69, 9.17) is 25.8 Å². The molecule has 0 N–H and O–H groups in total. The average Bonchev–Trinajstić information content (AvgIpc) is 3.07. The largest absolute Gasteiger partial charge is 0.466 e. The van der Waals surface area contributed by atoms with Crippen LogP contribution in [0.15, 0.2) is 17.5 Å². The number of aromatic nitrogens is 1. The Morgan fingerprint density at radius 1 is 1.48 bits per heavy atom. The summed E-state index contributed by atoms with van der Waals surface area (Å²) in [5.74, 6) is 0.890. The molecule has 1 aliphatic rings. The lowest BCUT2D eigenvalue weighted by molar-refractivity contribution is -0.142. The number of esters is 1. The van der Waals surface area contributed by atoms with Gasteiger partial charge in [-0.15, -0.1) is 11.3 Å². The van der Waals surface area contributed by atoms with E-state index in [0.29, 0.717) is 28.8 Å². The number of benzene rings is 1. The van der Waals surface area contributed by atoms with Crippen LogP contribution in [0.5, 0.6) is 11.5 Å². The average molecular weight is 326 g/mol. The number of hydrogen-bond donors (Lipinski definition) is 0. The minimum atomic E-state index is -0.280. The number of carbonyl (C=O) groups excluding carboxylic acids is 1. The third-order valence-corrected chi connectivity index (χ3v) is 4.08. The van der Waals surface area contributed by atoms with E-state index < -0.39 is 0 Å². The van der Waals surface area contributed by atoms with Crippen molar-refractivity contribution >= 4 is 28.9 Å². The van der Waals surface area contributed by atoms with Crippen molar-refractivity contribution in [3.05, 3.63) is 28.2 Å². The molecule has 0 fully saturated rings. The third kappa shape index (κ3) is 2.96. The van der Waals surface area contributed by atoms with Gasteiger partial charge in [0, 0.05) is 10.9 Å². The molecule has 0 atom stereocenters. The smallest absolute Gasteiger partial charge is 0.311 e. The summed E-state index contributed by atoms with van der Waals surface area (Å²) in [6.07, 6.45) is 0.169. The van der Waals surface area contributed by atoms with Gasteiger partial charge in [-0.1, -0.05) is 11.6 Å². The SMILES string of the molecule is CCOC(=O)Cc1csc(-c2cc(Cl)c3c(c2)OCO3)n1. The molecule has 0 bridgehead atoms. The standard InChI is InChI=1S/C14H12ClNO4S/c1-2-18-12(17)5-9-6-21-14(16-9)8-3-10(15)13-11(4-8)19-7-20-13/h3-4,6H,2,5,7H2,1H3. The van der Waals surface area contributed by atoms with Gasteiger partial charge in [-0.2, -0.15) is 0 Å². The zero-order valence-corrected chi connectivity index (χ0v) is 12.8. The van der Waals surface area contributed by atoms with Crippen molar-refractivity contribution < 1.29 is 19.0 Å². The molecule has 1 aromatic heterocycles. The van der Waals surface area contributed by atoms with Crippen LogP contribution in [0.1, 0.15) is 12.6 Å². The molecule has 1 aliphatic heterocycles. The van der Waals surface area contributed by atoms with E-state index in [1.165, 1.54) is 11.3 Å². The monoisotopic (exact) mass is 325 g/mol. The minimum Gasteiger partial charge on any atom is -0.466 e. The molecule has 7 heteroatoms. The molecule has 3 rings (SSSR count). The van der Waals surface area contributed by atoms with Crippen LogP contribution in [0.3, 0.4) is 0 Å². The molecule has 0 amide bonds. The van der Waals surface area contributed by atoms with Crippen molar-refractivity contribution in [3.8, 4) is 22.1 Å².